The molecule has 0 saturated heterocycles. The van der Waals surface area contributed by atoms with Crippen LogP contribution in [0.5, 0.6) is 0 Å². The second-order valence-corrected chi connectivity index (χ2v) is 7.33. The van der Waals surface area contributed by atoms with Crippen molar-refractivity contribution in [2.75, 3.05) is 11.4 Å². The number of carbonyl (C=O) groups excluding carboxylic acids is 2. The fraction of sp³-hybridized carbons (Fsp3) is 0.364. The second kappa shape index (κ2) is 7.43. The SMILES string of the molecule is C[C@@H](OC(=O)c1ccc(CN2CCc3ccccc32)cc1)C(=O)NC1CC1. The first-order chi connectivity index (χ1) is 13.1. The van der Waals surface area contributed by atoms with E-state index in [2.05, 4.69) is 34.5 Å². The van der Waals surface area contributed by atoms with Gasteiger partial charge in [-0.2, -0.15) is 0 Å². The molecule has 1 amide bonds. The summed E-state index contributed by atoms with van der Waals surface area (Å²) in [7, 11) is 0. The third-order valence-corrected chi connectivity index (χ3v) is 5.12. The highest BCUT2D eigenvalue weighted by atomic mass is 16.5. The van der Waals surface area contributed by atoms with Gasteiger partial charge in [0, 0.05) is 24.8 Å². The number of rotatable bonds is 6. The van der Waals surface area contributed by atoms with Crippen molar-refractivity contribution < 1.29 is 14.3 Å². The molecule has 4 rings (SSSR count). The summed E-state index contributed by atoms with van der Waals surface area (Å²) in [4.78, 5) is 26.5. The van der Waals surface area contributed by atoms with Gasteiger partial charge in [0.05, 0.1) is 5.56 Å². The van der Waals surface area contributed by atoms with Gasteiger partial charge in [0.2, 0.25) is 0 Å². The third kappa shape index (κ3) is 4.13. The number of para-hydroxylation sites is 1. The molecule has 1 fully saturated rings. The van der Waals surface area contributed by atoms with Gasteiger partial charge in [0.1, 0.15) is 0 Å². The summed E-state index contributed by atoms with van der Waals surface area (Å²) in [6.45, 7) is 3.43. The fourth-order valence-corrected chi connectivity index (χ4v) is 3.37. The molecule has 140 valence electrons. The van der Waals surface area contributed by atoms with E-state index in [4.69, 9.17) is 4.74 Å². The molecule has 2 aromatic carbocycles. The Labute approximate surface area is 159 Å². The summed E-state index contributed by atoms with van der Waals surface area (Å²) in [5.41, 5.74) is 4.28. The van der Waals surface area contributed by atoms with Crippen LogP contribution in [0.3, 0.4) is 0 Å². The number of amides is 1. The fourth-order valence-electron chi connectivity index (χ4n) is 3.37. The van der Waals surface area contributed by atoms with E-state index >= 15 is 0 Å². The molecule has 5 nitrogen and oxygen atoms in total. The zero-order chi connectivity index (χ0) is 18.8. The van der Waals surface area contributed by atoms with E-state index in [1.165, 1.54) is 11.3 Å². The lowest BCUT2D eigenvalue weighted by Crippen LogP contribution is -2.37. The van der Waals surface area contributed by atoms with E-state index in [0.717, 1.165) is 37.9 Å². The van der Waals surface area contributed by atoms with Crippen LogP contribution in [0.2, 0.25) is 0 Å². The van der Waals surface area contributed by atoms with Crippen LogP contribution in [-0.2, 0) is 22.5 Å². The van der Waals surface area contributed by atoms with Crippen LogP contribution in [0.15, 0.2) is 48.5 Å². The lowest BCUT2D eigenvalue weighted by Gasteiger charge is -2.19. The molecule has 2 aliphatic rings. The number of anilines is 1. The quantitative estimate of drug-likeness (QED) is 0.801. The van der Waals surface area contributed by atoms with Crippen LogP contribution in [0.25, 0.3) is 0 Å². The topological polar surface area (TPSA) is 58.6 Å². The lowest BCUT2D eigenvalue weighted by atomic mass is 10.1. The van der Waals surface area contributed by atoms with Gasteiger partial charge >= 0.3 is 5.97 Å². The summed E-state index contributed by atoms with van der Waals surface area (Å²) >= 11 is 0. The van der Waals surface area contributed by atoms with Crippen molar-refractivity contribution in [3.05, 3.63) is 65.2 Å². The first-order valence-electron chi connectivity index (χ1n) is 9.53. The van der Waals surface area contributed by atoms with Crippen molar-refractivity contribution in [1.29, 1.82) is 0 Å². The predicted molar refractivity (Wildman–Crippen MR) is 104 cm³/mol. The van der Waals surface area contributed by atoms with Gasteiger partial charge in [-0.1, -0.05) is 30.3 Å². The van der Waals surface area contributed by atoms with Gasteiger partial charge in [0.15, 0.2) is 6.10 Å². The molecule has 1 atom stereocenters. The Hall–Kier alpha value is -2.82. The standard InChI is InChI=1S/C22H24N2O3/c1-15(21(25)23-19-10-11-19)27-22(26)18-8-6-16(7-9-18)14-24-13-12-17-4-2-3-5-20(17)24/h2-9,15,19H,10-14H2,1H3,(H,23,25)/t15-/m1/s1. The molecule has 0 unspecified atom stereocenters. The van der Waals surface area contributed by atoms with Crippen LogP contribution in [0, 0.1) is 0 Å². The average molecular weight is 364 g/mol. The first-order valence-corrected chi connectivity index (χ1v) is 9.53. The van der Waals surface area contributed by atoms with Gasteiger partial charge in [-0.15, -0.1) is 0 Å². The summed E-state index contributed by atoms with van der Waals surface area (Å²) in [6, 6.07) is 16.2. The third-order valence-electron chi connectivity index (χ3n) is 5.12. The van der Waals surface area contributed by atoms with Crippen molar-refractivity contribution in [2.24, 2.45) is 0 Å². The number of hydrogen-bond donors (Lipinski definition) is 1. The van der Waals surface area contributed by atoms with Crippen LogP contribution in [0.4, 0.5) is 5.69 Å². The largest absolute Gasteiger partial charge is 0.449 e. The lowest BCUT2D eigenvalue weighted by molar-refractivity contribution is -0.129. The number of benzene rings is 2. The molecule has 1 heterocycles. The van der Waals surface area contributed by atoms with Crippen LogP contribution < -0.4 is 10.2 Å². The highest BCUT2D eigenvalue weighted by Gasteiger charge is 2.27. The van der Waals surface area contributed by atoms with Crippen LogP contribution in [0.1, 0.15) is 41.3 Å². The minimum atomic E-state index is -0.779. The van der Waals surface area contributed by atoms with Crippen molar-refractivity contribution in [2.45, 2.75) is 44.9 Å². The Morgan fingerprint density at radius 2 is 1.89 bits per heavy atom. The molecule has 1 N–H and O–H groups in total. The molecule has 0 spiro atoms. The van der Waals surface area contributed by atoms with E-state index in [0.29, 0.717) is 5.56 Å². The Morgan fingerprint density at radius 1 is 1.15 bits per heavy atom. The summed E-state index contributed by atoms with van der Waals surface area (Å²) < 4.78 is 5.29. The Balaban J connectivity index is 1.34. The maximum absolute atomic E-state index is 12.3. The van der Waals surface area contributed by atoms with Gasteiger partial charge in [-0.3, -0.25) is 4.79 Å². The number of fused-ring (bicyclic) bond motifs is 1. The van der Waals surface area contributed by atoms with Gasteiger partial charge in [-0.25, -0.2) is 4.79 Å². The van der Waals surface area contributed by atoms with Crippen LogP contribution in [-0.4, -0.2) is 30.6 Å². The van der Waals surface area contributed by atoms with Crippen molar-refractivity contribution in [3.63, 3.8) is 0 Å². The van der Waals surface area contributed by atoms with Crippen LogP contribution >= 0.6 is 0 Å². The molecule has 2 aromatic rings. The average Bonchev–Trinajstić information content (AvgIpc) is 3.41. The van der Waals surface area contributed by atoms with Gasteiger partial charge < -0.3 is 15.0 Å². The van der Waals surface area contributed by atoms with E-state index in [1.807, 2.05) is 12.1 Å². The van der Waals surface area contributed by atoms with Crippen molar-refractivity contribution in [1.82, 2.24) is 5.32 Å². The monoisotopic (exact) mass is 364 g/mol. The van der Waals surface area contributed by atoms with E-state index in [-0.39, 0.29) is 11.9 Å². The molecular weight excluding hydrogens is 340 g/mol. The predicted octanol–water partition coefficient (Wildman–Crippen LogP) is 3.07. The minimum Gasteiger partial charge on any atom is -0.449 e. The second-order valence-electron chi connectivity index (χ2n) is 7.33. The normalized spacial score (nSPS) is 16.6. The molecule has 0 aromatic heterocycles. The summed E-state index contributed by atoms with van der Waals surface area (Å²) in [5.74, 6) is -0.693. The molecule has 1 aliphatic carbocycles. The molecule has 27 heavy (non-hydrogen) atoms. The number of nitrogens with one attached hydrogen (secondary N) is 1. The van der Waals surface area contributed by atoms with Gasteiger partial charge in [-0.05, 0) is 55.5 Å². The van der Waals surface area contributed by atoms with Crippen molar-refractivity contribution in [3.8, 4) is 0 Å². The number of ether oxygens (including phenoxy) is 1. The molecule has 0 radical (unpaired) electrons. The Morgan fingerprint density at radius 3 is 2.63 bits per heavy atom. The molecule has 1 saturated carbocycles. The smallest absolute Gasteiger partial charge is 0.338 e. The number of carbonyl (C=O) groups is 2. The molecule has 5 heteroatoms. The van der Waals surface area contributed by atoms with Crippen molar-refractivity contribution >= 4 is 17.6 Å². The van der Waals surface area contributed by atoms with E-state index < -0.39 is 12.1 Å². The molecule has 1 aliphatic heterocycles. The summed E-state index contributed by atoms with van der Waals surface area (Å²) in [5, 5.41) is 2.85. The first kappa shape index (κ1) is 17.6. The minimum absolute atomic E-state index is 0.227. The number of nitrogens with zero attached hydrogens (tertiary/aromatic N) is 1. The number of esters is 1. The molecular formula is C22H24N2O3. The van der Waals surface area contributed by atoms with E-state index in [1.54, 1.807) is 19.1 Å². The van der Waals surface area contributed by atoms with Gasteiger partial charge in [0.25, 0.3) is 5.91 Å². The Kier molecular flexibility index (Phi) is 4.84. The zero-order valence-corrected chi connectivity index (χ0v) is 15.5. The maximum atomic E-state index is 12.3. The Bertz CT molecular complexity index is 843. The zero-order valence-electron chi connectivity index (χ0n) is 15.5. The molecule has 0 bridgehead atoms. The van der Waals surface area contributed by atoms with E-state index in [9.17, 15) is 9.59 Å². The highest BCUT2D eigenvalue weighted by molar-refractivity contribution is 5.92. The number of hydrogen-bond acceptors (Lipinski definition) is 4. The maximum Gasteiger partial charge on any atom is 0.338 e. The summed E-state index contributed by atoms with van der Waals surface area (Å²) in [6.07, 6.45) is 2.31. The highest BCUT2D eigenvalue weighted by Crippen LogP contribution is 2.28.